The van der Waals surface area contributed by atoms with Gasteiger partial charge in [0.25, 0.3) is 0 Å². The fourth-order valence-electron chi connectivity index (χ4n) is 3.20. The van der Waals surface area contributed by atoms with Gasteiger partial charge in [0.05, 0.1) is 6.10 Å². The summed E-state index contributed by atoms with van der Waals surface area (Å²) in [5.41, 5.74) is 1.41. The summed E-state index contributed by atoms with van der Waals surface area (Å²) in [6, 6.07) is 8.84. The van der Waals surface area contributed by atoms with E-state index in [0.29, 0.717) is 11.8 Å². The fraction of sp³-hybridized carbons (Fsp3) is 0.667. The van der Waals surface area contributed by atoms with Crippen molar-refractivity contribution in [2.24, 2.45) is 11.8 Å². The lowest BCUT2D eigenvalue weighted by Gasteiger charge is -2.34. The first kappa shape index (κ1) is 16.9. The SMILES string of the molecule is CSc1cccc(CN2CCC([C@H](O)CC(C)C)CC2)c1. The highest BCUT2D eigenvalue weighted by atomic mass is 32.2. The van der Waals surface area contributed by atoms with Gasteiger partial charge in [0.15, 0.2) is 0 Å². The van der Waals surface area contributed by atoms with Crippen molar-refractivity contribution in [3.05, 3.63) is 29.8 Å². The number of rotatable bonds is 6. The lowest BCUT2D eigenvalue weighted by molar-refractivity contribution is 0.0436. The van der Waals surface area contributed by atoms with Crippen molar-refractivity contribution in [3.8, 4) is 0 Å². The minimum atomic E-state index is -0.105. The van der Waals surface area contributed by atoms with Crippen molar-refractivity contribution in [2.75, 3.05) is 19.3 Å². The van der Waals surface area contributed by atoms with E-state index in [-0.39, 0.29) is 6.10 Å². The Labute approximate surface area is 133 Å². The lowest BCUT2D eigenvalue weighted by Crippen LogP contribution is -2.37. The number of hydrogen-bond acceptors (Lipinski definition) is 3. The third-order valence-corrected chi connectivity index (χ3v) is 5.15. The van der Waals surface area contributed by atoms with E-state index in [1.807, 2.05) is 0 Å². The zero-order valence-electron chi connectivity index (χ0n) is 13.6. The molecule has 2 rings (SSSR count). The lowest BCUT2D eigenvalue weighted by atomic mass is 9.87. The number of nitrogens with zero attached hydrogens (tertiary/aromatic N) is 1. The standard InChI is InChI=1S/C18H29NOS/c1-14(2)11-18(20)16-7-9-19(10-8-16)13-15-5-4-6-17(12-15)21-3/h4-6,12,14,16,18,20H,7-11,13H2,1-3H3/t18-/m1/s1. The van der Waals surface area contributed by atoms with Gasteiger partial charge in [-0.1, -0.05) is 26.0 Å². The summed E-state index contributed by atoms with van der Waals surface area (Å²) in [4.78, 5) is 3.87. The van der Waals surface area contributed by atoms with Crippen LogP contribution >= 0.6 is 11.8 Å². The van der Waals surface area contributed by atoms with Crippen LogP contribution in [-0.2, 0) is 6.54 Å². The first-order chi connectivity index (χ1) is 10.1. The van der Waals surface area contributed by atoms with Gasteiger partial charge in [0, 0.05) is 11.4 Å². The van der Waals surface area contributed by atoms with Crippen LogP contribution in [0.15, 0.2) is 29.2 Å². The minimum Gasteiger partial charge on any atom is -0.393 e. The average molecular weight is 308 g/mol. The van der Waals surface area contributed by atoms with E-state index in [1.165, 1.54) is 10.5 Å². The number of aliphatic hydroxyl groups is 1. The predicted molar refractivity (Wildman–Crippen MR) is 91.7 cm³/mol. The molecule has 1 fully saturated rings. The maximum Gasteiger partial charge on any atom is 0.0571 e. The smallest absolute Gasteiger partial charge is 0.0571 e. The van der Waals surface area contributed by atoms with Gasteiger partial charge in [0.2, 0.25) is 0 Å². The van der Waals surface area contributed by atoms with Crippen LogP contribution in [0.4, 0.5) is 0 Å². The zero-order chi connectivity index (χ0) is 15.2. The maximum atomic E-state index is 10.3. The molecule has 1 aliphatic rings. The molecule has 0 unspecified atom stereocenters. The van der Waals surface area contributed by atoms with Gasteiger partial charge in [-0.25, -0.2) is 0 Å². The van der Waals surface area contributed by atoms with E-state index in [1.54, 1.807) is 11.8 Å². The van der Waals surface area contributed by atoms with Crippen LogP contribution in [0.2, 0.25) is 0 Å². The molecule has 1 aliphatic heterocycles. The van der Waals surface area contributed by atoms with E-state index in [0.717, 1.165) is 38.9 Å². The topological polar surface area (TPSA) is 23.5 Å². The summed E-state index contributed by atoms with van der Waals surface area (Å²) in [5.74, 6) is 1.09. The second kappa shape index (κ2) is 8.21. The highest BCUT2D eigenvalue weighted by molar-refractivity contribution is 7.98. The molecule has 1 aromatic rings. The van der Waals surface area contributed by atoms with Gasteiger partial charge in [-0.05, 0) is 68.1 Å². The van der Waals surface area contributed by atoms with Crippen molar-refractivity contribution in [3.63, 3.8) is 0 Å². The highest BCUT2D eigenvalue weighted by Crippen LogP contribution is 2.26. The Morgan fingerprint density at radius 1 is 1.29 bits per heavy atom. The van der Waals surface area contributed by atoms with Crippen LogP contribution in [0.25, 0.3) is 0 Å². The molecule has 0 aromatic heterocycles. The molecule has 0 aliphatic carbocycles. The third kappa shape index (κ3) is 5.32. The molecule has 1 aromatic carbocycles. The van der Waals surface area contributed by atoms with Gasteiger partial charge in [-0.2, -0.15) is 0 Å². The zero-order valence-corrected chi connectivity index (χ0v) is 14.4. The van der Waals surface area contributed by atoms with E-state index in [9.17, 15) is 5.11 Å². The van der Waals surface area contributed by atoms with Crippen LogP contribution in [0.5, 0.6) is 0 Å². The number of piperidine rings is 1. The molecule has 2 nitrogen and oxygen atoms in total. The molecule has 1 N–H and O–H groups in total. The van der Waals surface area contributed by atoms with Crippen molar-refractivity contribution in [1.82, 2.24) is 4.90 Å². The van der Waals surface area contributed by atoms with Gasteiger partial charge in [0.1, 0.15) is 0 Å². The number of aliphatic hydroxyl groups excluding tert-OH is 1. The first-order valence-corrected chi connectivity index (χ1v) is 9.34. The molecule has 0 bridgehead atoms. The van der Waals surface area contributed by atoms with Crippen molar-refractivity contribution < 1.29 is 5.11 Å². The summed E-state index contributed by atoms with van der Waals surface area (Å²) in [5, 5.41) is 10.3. The molecule has 0 radical (unpaired) electrons. The monoisotopic (exact) mass is 307 g/mol. The summed E-state index contributed by atoms with van der Waals surface area (Å²) >= 11 is 1.80. The summed E-state index contributed by atoms with van der Waals surface area (Å²) in [6.45, 7) is 7.65. The molecular weight excluding hydrogens is 278 g/mol. The van der Waals surface area contributed by atoms with E-state index < -0.39 is 0 Å². The normalized spacial score (nSPS) is 19.1. The highest BCUT2D eigenvalue weighted by Gasteiger charge is 2.25. The van der Waals surface area contributed by atoms with Gasteiger partial charge in [-0.3, -0.25) is 4.90 Å². The van der Waals surface area contributed by atoms with Crippen molar-refractivity contribution >= 4 is 11.8 Å². The molecule has 3 heteroatoms. The second-order valence-corrected chi connectivity index (χ2v) is 7.54. The molecule has 1 atom stereocenters. The minimum absolute atomic E-state index is 0.105. The Morgan fingerprint density at radius 3 is 2.62 bits per heavy atom. The van der Waals surface area contributed by atoms with E-state index >= 15 is 0 Å². The molecule has 1 heterocycles. The average Bonchev–Trinajstić information content (AvgIpc) is 2.47. The van der Waals surface area contributed by atoms with Crippen molar-refractivity contribution in [2.45, 2.75) is 50.7 Å². The Bertz CT molecular complexity index is 427. The number of likely N-dealkylation sites (tertiary alicyclic amines) is 1. The largest absolute Gasteiger partial charge is 0.393 e. The predicted octanol–water partition coefficient (Wildman–Crippen LogP) is 4.03. The summed E-state index contributed by atoms with van der Waals surface area (Å²) < 4.78 is 0. The molecule has 0 saturated carbocycles. The number of hydrogen-bond donors (Lipinski definition) is 1. The van der Waals surface area contributed by atoms with Crippen LogP contribution in [-0.4, -0.2) is 35.5 Å². The summed E-state index contributed by atoms with van der Waals surface area (Å²) in [7, 11) is 0. The molecule has 21 heavy (non-hydrogen) atoms. The first-order valence-electron chi connectivity index (χ1n) is 8.12. The Balaban J connectivity index is 1.81. The molecular formula is C18H29NOS. The van der Waals surface area contributed by atoms with Crippen LogP contribution in [0.1, 0.15) is 38.7 Å². The van der Waals surface area contributed by atoms with Gasteiger partial charge < -0.3 is 5.11 Å². The van der Waals surface area contributed by atoms with Crippen LogP contribution < -0.4 is 0 Å². The Kier molecular flexibility index (Phi) is 6.59. The summed E-state index contributed by atoms with van der Waals surface area (Å²) in [6.07, 6.45) is 5.24. The molecule has 118 valence electrons. The number of thioether (sulfide) groups is 1. The Hall–Kier alpha value is -0.510. The third-order valence-electron chi connectivity index (χ3n) is 4.43. The Morgan fingerprint density at radius 2 is 2.00 bits per heavy atom. The second-order valence-electron chi connectivity index (χ2n) is 6.66. The van der Waals surface area contributed by atoms with E-state index in [2.05, 4.69) is 49.3 Å². The van der Waals surface area contributed by atoms with Crippen LogP contribution in [0, 0.1) is 11.8 Å². The van der Waals surface area contributed by atoms with E-state index in [4.69, 9.17) is 0 Å². The maximum absolute atomic E-state index is 10.3. The molecule has 0 spiro atoms. The quantitative estimate of drug-likeness (QED) is 0.803. The van der Waals surface area contributed by atoms with Gasteiger partial charge in [-0.15, -0.1) is 11.8 Å². The fourth-order valence-corrected chi connectivity index (χ4v) is 3.68. The molecule has 0 amide bonds. The van der Waals surface area contributed by atoms with Crippen LogP contribution in [0.3, 0.4) is 0 Å². The number of benzene rings is 1. The molecule has 1 saturated heterocycles. The van der Waals surface area contributed by atoms with Crippen molar-refractivity contribution in [1.29, 1.82) is 0 Å². The van der Waals surface area contributed by atoms with Gasteiger partial charge >= 0.3 is 0 Å².